The number of nitrogens with one attached hydrogen (secondary N) is 1. The van der Waals surface area contributed by atoms with E-state index in [2.05, 4.69) is 31.6 Å². The SMILES string of the molecule is CCn1cncc1CN1CCN(C2CNC2)CC1. The third kappa shape index (κ3) is 2.43. The molecule has 0 saturated carbocycles. The number of rotatable bonds is 4. The lowest BCUT2D eigenvalue weighted by atomic mass is 10.1. The molecule has 0 aromatic carbocycles. The average Bonchev–Trinajstić information content (AvgIpc) is 2.77. The molecule has 2 saturated heterocycles. The lowest BCUT2D eigenvalue weighted by molar-refractivity contribution is 0.0685. The highest BCUT2D eigenvalue weighted by Gasteiger charge is 2.27. The largest absolute Gasteiger partial charge is 0.334 e. The van der Waals surface area contributed by atoms with E-state index >= 15 is 0 Å². The molecule has 1 N–H and O–H groups in total. The molecule has 0 amide bonds. The second-order valence-corrected chi connectivity index (χ2v) is 5.30. The summed E-state index contributed by atoms with van der Waals surface area (Å²) in [6.07, 6.45) is 3.94. The fourth-order valence-electron chi connectivity index (χ4n) is 2.81. The van der Waals surface area contributed by atoms with E-state index in [1.807, 2.05) is 12.5 Å². The molecule has 1 aromatic heterocycles. The van der Waals surface area contributed by atoms with Gasteiger partial charge in [-0.05, 0) is 6.92 Å². The quantitative estimate of drug-likeness (QED) is 0.814. The molecule has 0 unspecified atom stereocenters. The zero-order chi connectivity index (χ0) is 12.4. The Hall–Kier alpha value is -0.910. The summed E-state index contributed by atoms with van der Waals surface area (Å²) in [5, 5.41) is 3.35. The number of aromatic nitrogens is 2. The van der Waals surface area contributed by atoms with Crippen molar-refractivity contribution in [3.63, 3.8) is 0 Å². The maximum atomic E-state index is 4.24. The van der Waals surface area contributed by atoms with Gasteiger partial charge < -0.3 is 9.88 Å². The highest BCUT2D eigenvalue weighted by atomic mass is 15.3. The van der Waals surface area contributed by atoms with Crippen LogP contribution in [0.2, 0.25) is 0 Å². The minimum absolute atomic E-state index is 0.799. The number of hydrogen-bond donors (Lipinski definition) is 1. The monoisotopic (exact) mass is 249 g/mol. The van der Waals surface area contributed by atoms with Gasteiger partial charge in [0.15, 0.2) is 0 Å². The standard InChI is InChI=1S/C13H23N5/c1-2-17-11-15-9-13(17)10-16-3-5-18(6-4-16)12-7-14-8-12/h9,11-12,14H,2-8,10H2,1H3. The van der Waals surface area contributed by atoms with Crippen LogP contribution in [0.3, 0.4) is 0 Å². The minimum Gasteiger partial charge on any atom is -0.334 e. The topological polar surface area (TPSA) is 36.3 Å². The normalized spacial score (nSPS) is 23.2. The van der Waals surface area contributed by atoms with E-state index in [0.717, 1.165) is 19.1 Å². The number of imidazole rings is 1. The lowest BCUT2D eigenvalue weighted by Crippen LogP contribution is -2.61. The van der Waals surface area contributed by atoms with Crippen molar-refractivity contribution in [3.05, 3.63) is 18.2 Å². The zero-order valence-corrected chi connectivity index (χ0v) is 11.2. The maximum Gasteiger partial charge on any atom is 0.0948 e. The summed E-state index contributed by atoms with van der Waals surface area (Å²) in [6, 6.07) is 0.799. The van der Waals surface area contributed by atoms with E-state index in [-0.39, 0.29) is 0 Å². The van der Waals surface area contributed by atoms with Crippen molar-refractivity contribution < 1.29 is 0 Å². The van der Waals surface area contributed by atoms with Crippen molar-refractivity contribution in [1.29, 1.82) is 0 Å². The molecule has 5 heteroatoms. The van der Waals surface area contributed by atoms with Gasteiger partial charge in [-0.1, -0.05) is 0 Å². The fourth-order valence-corrected chi connectivity index (χ4v) is 2.81. The molecule has 3 heterocycles. The number of aryl methyl sites for hydroxylation is 1. The van der Waals surface area contributed by atoms with Gasteiger partial charge in [-0.15, -0.1) is 0 Å². The molecule has 0 spiro atoms. The number of piperazine rings is 1. The molecule has 2 aliphatic rings. The first-order chi connectivity index (χ1) is 8.86. The van der Waals surface area contributed by atoms with Gasteiger partial charge in [-0.25, -0.2) is 4.98 Å². The Labute approximate surface area is 109 Å². The Morgan fingerprint density at radius 3 is 2.67 bits per heavy atom. The smallest absolute Gasteiger partial charge is 0.0948 e. The third-order valence-corrected chi connectivity index (χ3v) is 4.21. The van der Waals surface area contributed by atoms with Gasteiger partial charge in [-0.2, -0.15) is 0 Å². The summed E-state index contributed by atoms with van der Waals surface area (Å²) >= 11 is 0. The van der Waals surface area contributed by atoms with Gasteiger partial charge in [-0.3, -0.25) is 9.80 Å². The van der Waals surface area contributed by atoms with Crippen molar-refractivity contribution in [2.75, 3.05) is 39.3 Å². The molecule has 100 valence electrons. The molecule has 0 radical (unpaired) electrons. The Kier molecular flexibility index (Phi) is 3.63. The van der Waals surface area contributed by atoms with E-state index in [4.69, 9.17) is 0 Å². The molecule has 0 atom stereocenters. The summed E-state index contributed by atoms with van der Waals surface area (Å²) in [6.45, 7) is 11.4. The minimum atomic E-state index is 0.799. The van der Waals surface area contributed by atoms with Gasteiger partial charge in [0.1, 0.15) is 0 Å². The van der Waals surface area contributed by atoms with Crippen LogP contribution in [0, 0.1) is 0 Å². The van der Waals surface area contributed by atoms with Crippen LogP contribution in [0.15, 0.2) is 12.5 Å². The molecule has 5 nitrogen and oxygen atoms in total. The Bertz CT molecular complexity index is 376. The number of nitrogens with zero attached hydrogens (tertiary/aromatic N) is 4. The van der Waals surface area contributed by atoms with Crippen LogP contribution in [-0.4, -0.2) is 64.7 Å². The van der Waals surface area contributed by atoms with Gasteiger partial charge in [0, 0.05) is 64.6 Å². The highest BCUT2D eigenvalue weighted by molar-refractivity contribution is 4.99. The predicted octanol–water partition coefficient (Wildman–Crippen LogP) is -0.00760. The number of hydrogen-bond acceptors (Lipinski definition) is 4. The van der Waals surface area contributed by atoms with Crippen molar-refractivity contribution in [2.45, 2.75) is 26.1 Å². The molecular formula is C13H23N5. The molecule has 1 aromatic rings. The first-order valence-electron chi connectivity index (χ1n) is 7.03. The first kappa shape index (κ1) is 12.1. The molecule has 2 fully saturated rings. The van der Waals surface area contributed by atoms with Crippen LogP contribution >= 0.6 is 0 Å². The van der Waals surface area contributed by atoms with Crippen LogP contribution in [0.25, 0.3) is 0 Å². The summed E-state index contributed by atoms with van der Waals surface area (Å²) in [7, 11) is 0. The summed E-state index contributed by atoms with van der Waals surface area (Å²) < 4.78 is 2.24. The van der Waals surface area contributed by atoms with E-state index in [1.165, 1.54) is 45.0 Å². The van der Waals surface area contributed by atoms with Gasteiger partial charge >= 0.3 is 0 Å². The van der Waals surface area contributed by atoms with Crippen molar-refractivity contribution in [2.24, 2.45) is 0 Å². The van der Waals surface area contributed by atoms with E-state index in [1.54, 1.807) is 0 Å². The van der Waals surface area contributed by atoms with Gasteiger partial charge in [0.2, 0.25) is 0 Å². The van der Waals surface area contributed by atoms with Crippen molar-refractivity contribution in [3.8, 4) is 0 Å². The Balaban J connectivity index is 1.50. The molecule has 0 bridgehead atoms. The van der Waals surface area contributed by atoms with Crippen LogP contribution in [0.4, 0.5) is 0 Å². The van der Waals surface area contributed by atoms with Gasteiger partial charge in [0.25, 0.3) is 0 Å². The Morgan fingerprint density at radius 2 is 2.06 bits per heavy atom. The molecule has 2 aliphatic heterocycles. The summed E-state index contributed by atoms with van der Waals surface area (Å²) in [5.41, 5.74) is 1.34. The lowest BCUT2D eigenvalue weighted by Gasteiger charge is -2.43. The van der Waals surface area contributed by atoms with Crippen molar-refractivity contribution in [1.82, 2.24) is 24.7 Å². The van der Waals surface area contributed by atoms with Crippen LogP contribution in [-0.2, 0) is 13.1 Å². The van der Waals surface area contributed by atoms with Crippen LogP contribution in [0.1, 0.15) is 12.6 Å². The van der Waals surface area contributed by atoms with Crippen molar-refractivity contribution >= 4 is 0 Å². The summed E-state index contributed by atoms with van der Waals surface area (Å²) in [4.78, 5) is 9.42. The van der Waals surface area contributed by atoms with Crippen LogP contribution < -0.4 is 5.32 Å². The predicted molar refractivity (Wildman–Crippen MR) is 71.4 cm³/mol. The second-order valence-electron chi connectivity index (χ2n) is 5.30. The second kappa shape index (κ2) is 5.38. The Morgan fingerprint density at radius 1 is 1.28 bits per heavy atom. The highest BCUT2D eigenvalue weighted by Crippen LogP contribution is 2.12. The third-order valence-electron chi connectivity index (χ3n) is 4.21. The van der Waals surface area contributed by atoms with E-state index in [9.17, 15) is 0 Å². The summed E-state index contributed by atoms with van der Waals surface area (Å²) in [5.74, 6) is 0. The van der Waals surface area contributed by atoms with Gasteiger partial charge in [0.05, 0.1) is 12.0 Å². The molecular weight excluding hydrogens is 226 g/mol. The fraction of sp³-hybridized carbons (Fsp3) is 0.769. The molecule has 0 aliphatic carbocycles. The maximum absolute atomic E-state index is 4.24. The molecule has 18 heavy (non-hydrogen) atoms. The van der Waals surface area contributed by atoms with E-state index in [0.29, 0.717) is 0 Å². The zero-order valence-electron chi connectivity index (χ0n) is 11.2. The average molecular weight is 249 g/mol. The van der Waals surface area contributed by atoms with E-state index < -0.39 is 0 Å². The van der Waals surface area contributed by atoms with Crippen LogP contribution in [0.5, 0.6) is 0 Å². The first-order valence-corrected chi connectivity index (χ1v) is 7.03. The molecule has 3 rings (SSSR count).